The summed E-state index contributed by atoms with van der Waals surface area (Å²) in [4.78, 5) is 17.4. The molecule has 9 nitrogen and oxygen atoms in total. The zero-order chi connectivity index (χ0) is 20.5. The maximum absolute atomic E-state index is 13.0. The fourth-order valence-corrected chi connectivity index (χ4v) is 2.98. The fourth-order valence-electron chi connectivity index (χ4n) is 2.98. The molecule has 29 heavy (non-hydrogen) atoms. The van der Waals surface area contributed by atoms with Gasteiger partial charge in [0, 0.05) is 18.8 Å². The van der Waals surface area contributed by atoms with Gasteiger partial charge >= 0.3 is 0 Å². The van der Waals surface area contributed by atoms with E-state index in [2.05, 4.69) is 25.7 Å². The lowest BCUT2D eigenvalue weighted by Crippen LogP contribution is -2.18. The summed E-state index contributed by atoms with van der Waals surface area (Å²) in [6.07, 6.45) is 0.544. The van der Waals surface area contributed by atoms with Crippen LogP contribution in [0.4, 0.5) is 14.6 Å². The van der Waals surface area contributed by atoms with Crippen LogP contribution in [0.15, 0.2) is 35.1 Å². The van der Waals surface area contributed by atoms with Crippen LogP contribution in [-0.4, -0.2) is 42.0 Å². The van der Waals surface area contributed by atoms with Crippen LogP contribution in [0, 0.1) is 6.92 Å². The molecule has 1 N–H and O–H groups in total. The van der Waals surface area contributed by atoms with E-state index in [-0.39, 0.29) is 17.1 Å². The van der Waals surface area contributed by atoms with Gasteiger partial charge in [0.25, 0.3) is 18.0 Å². The Labute approximate surface area is 163 Å². The first-order valence-electron chi connectivity index (χ1n) is 8.88. The van der Waals surface area contributed by atoms with E-state index in [1.165, 1.54) is 12.3 Å². The maximum atomic E-state index is 13.0. The Kier molecular flexibility index (Phi) is 4.79. The van der Waals surface area contributed by atoms with Crippen molar-refractivity contribution in [3.8, 4) is 11.4 Å². The molecule has 0 aliphatic carbocycles. The first-order chi connectivity index (χ1) is 14.0. The fraction of sp³-hybridized carbons (Fsp3) is 0.278. The van der Waals surface area contributed by atoms with Gasteiger partial charge < -0.3 is 9.84 Å². The molecule has 150 valence electrons. The molecule has 4 heterocycles. The normalized spacial score (nSPS) is 11.5. The van der Waals surface area contributed by atoms with Crippen molar-refractivity contribution >= 4 is 22.8 Å². The minimum atomic E-state index is -2.60. The highest BCUT2D eigenvalue weighted by atomic mass is 19.3. The van der Waals surface area contributed by atoms with Crippen LogP contribution in [-0.2, 0) is 13.1 Å². The van der Waals surface area contributed by atoms with Crippen molar-refractivity contribution in [2.45, 2.75) is 33.4 Å². The first kappa shape index (κ1) is 18.7. The van der Waals surface area contributed by atoms with E-state index in [1.54, 1.807) is 29.9 Å². The molecule has 4 aromatic rings. The van der Waals surface area contributed by atoms with E-state index >= 15 is 0 Å². The summed E-state index contributed by atoms with van der Waals surface area (Å²) in [5.41, 5.74) is 1.94. The van der Waals surface area contributed by atoms with E-state index in [1.807, 2.05) is 6.92 Å². The molecule has 0 unspecified atom stereocenters. The number of hydrogen-bond acceptors (Lipinski definition) is 6. The third-order valence-corrected chi connectivity index (χ3v) is 4.36. The number of nitrogens with zero attached hydrogens (tertiary/aromatic N) is 6. The highest BCUT2D eigenvalue weighted by molar-refractivity contribution is 6.12. The molecule has 0 aliphatic heterocycles. The van der Waals surface area contributed by atoms with Gasteiger partial charge in [-0.25, -0.2) is 18.4 Å². The van der Waals surface area contributed by atoms with E-state index in [0.717, 1.165) is 4.68 Å². The van der Waals surface area contributed by atoms with Gasteiger partial charge in [0.15, 0.2) is 0 Å². The van der Waals surface area contributed by atoms with Crippen molar-refractivity contribution in [2.75, 3.05) is 5.32 Å². The summed E-state index contributed by atoms with van der Waals surface area (Å²) >= 11 is 0. The van der Waals surface area contributed by atoms with E-state index in [0.29, 0.717) is 29.0 Å². The molecular formula is C18H17F2N7O2. The van der Waals surface area contributed by atoms with Gasteiger partial charge in [0.1, 0.15) is 18.1 Å². The Hall–Kier alpha value is -3.63. The number of anilines is 1. The summed E-state index contributed by atoms with van der Waals surface area (Å²) in [5.74, 6) is -0.359. The summed E-state index contributed by atoms with van der Waals surface area (Å²) in [7, 11) is 0. The van der Waals surface area contributed by atoms with Gasteiger partial charge in [-0.05, 0) is 26.0 Å². The van der Waals surface area contributed by atoms with Crippen LogP contribution >= 0.6 is 0 Å². The van der Waals surface area contributed by atoms with Crippen molar-refractivity contribution in [1.82, 2.24) is 29.7 Å². The average molecular weight is 401 g/mol. The monoisotopic (exact) mass is 401 g/mol. The highest BCUT2D eigenvalue weighted by Crippen LogP contribution is 2.27. The predicted molar refractivity (Wildman–Crippen MR) is 99.6 cm³/mol. The zero-order valence-electron chi connectivity index (χ0n) is 15.6. The summed E-state index contributed by atoms with van der Waals surface area (Å²) < 4.78 is 33.5. The third-order valence-electron chi connectivity index (χ3n) is 4.36. The number of nitrogens with one attached hydrogen (secondary N) is 1. The summed E-state index contributed by atoms with van der Waals surface area (Å²) in [6.45, 7) is 3.71. The quantitative estimate of drug-likeness (QED) is 0.532. The van der Waals surface area contributed by atoms with Crippen LogP contribution in [0.3, 0.4) is 0 Å². The second-order valence-corrected chi connectivity index (χ2v) is 6.30. The van der Waals surface area contributed by atoms with Gasteiger partial charge in [-0.3, -0.25) is 9.48 Å². The molecule has 0 atom stereocenters. The molecule has 0 fully saturated rings. The molecular weight excluding hydrogens is 384 g/mol. The number of carbonyl (C=O) groups is 1. The minimum absolute atomic E-state index is 0.159. The van der Waals surface area contributed by atoms with Crippen LogP contribution in [0.25, 0.3) is 22.5 Å². The Morgan fingerprint density at radius 3 is 2.86 bits per heavy atom. The van der Waals surface area contributed by atoms with Crippen molar-refractivity contribution in [2.24, 2.45) is 0 Å². The topological polar surface area (TPSA) is 104 Å². The summed E-state index contributed by atoms with van der Waals surface area (Å²) in [6, 6.07) is 4.81. The lowest BCUT2D eigenvalue weighted by Gasteiger charge is -2.10. The van der Waals surface area contributed by atoms with Gasteiger partial charge in [-0.15, -0.1) is 0 Å². The maximum Gasteiger partial charge on any atom is 0.259 e. The SMILES string of the molecule is CCn1ccc(-c2cc(C(=O)Nc3ccnn3CC(F)F)c3c(C)noc3n2)n1. The molecule has 0 saturated carbocycles. The molecule has 0 bridgehead atoms. The first-order valence-corrected chi connectivity index (χ1v) is 8.88. The molecule has 0 spiro atoms. The molecule has 4 rings (SSSR count). The Balaban J connectivity index is 1.75. The van der Waals surface area contributed by atoms with Crippen LogP contribution in [0.5, 0.6) is 0 Å². The molecule has 0 aliphatic rings. The van der Waals surface area contributed by atoms with Crippen LogP contribution < -0.4 is 5.32 Å². The van der Waals surface area contributed by atoms with Crippen molar-refractivity contribution in [1.29, 1.82) is 0 Å². The number of aromatic nitrogens is 6. The third kappa shape index (κ3) is 3.58. The Bertz CT molecular complexity index is 1180. The number of halogens is 2. The number of rotatable bonds is 6. The number of pyridine rings is 1. The predicted octanol–water partition coefficient (Wildman–Crippen LogP) is 3.13. The second kappa shape index (κ2) is 7.41. The van der Waals surface area contributed by atoms with Gasteiger partial charge in [-0.1, -0.05) is 5.16 Å². The molecule has 1 amide bonds. The molecule has 0 saturated heterocycles. The number of fused-ring (bicyclic) bond motifs is 1. The number of amides is 1. The Morgan fingerprint density at radius 2 is 2.14 bits per heavy atom. The van der Waals surface area contributed by atoms with Crippen molar-refractivity contribution in [3.63, 3.8) is 0 Å². The number of aryl methyl sites for hydroxylation is 2. The number of hydrogen-bond donors (Lipinski definition) is 1. The Morgan fingerprint density at radius 1 is 1.31 bits per heavy atom. The molecule has 0 aromatic carbocycles. The van der Waals surface area contributed by atoms with Gasteiger partial charge in [0.05, 0.1) is 28.5 Å². The van der Waals surface area contributed by atoms with Crippen LogP contribution in [0.2, 0.25) is 0 Å². The molecule has 4 aromatic heterocycles. The largest absolute Gasteiger partial charge is 0.335 e. The standard InChI is InChI=1S/C18H17F2N7O2/c1-3-26-7-5-12(24-26)13-8-11(16-10(2)25-29-18(16)22-13)17(28)23-15-4-6-21-27(15)9-14(19)20/h4-8,14H,3,9H2,1-2H3,(H,23,28). The van der Waals surface area contributed by atoms with Gasteiger partial charge in [0.2, 0.25) is 0 Å². The number of carbonyl (C=O) groups excluding carboxylic acids is 1. The number of alkyl halides is 2. The average Bonchev–Trinajstić information content (AvgIpc) is 3.42. The van der Waals surface area contributed by atoms with Crippen molar-refractivity contribution < 1.29 is 18.1 Å². The minimum Gasteiger partial charge on any atom is -0.335 e. The van der Waals surface area contributed by atoms with E-state index < -0.39 is 18.9 Å². The zero-order valence-corrected chi connectivity index (χ0v) is 15.6. The van der Waals surface area contributed by atoms with Crippen molar-refractivity contribution in [3.05, 3.63) is 41.9 Å². The smallest absolute Gasteiger partial charge is 0.259 e. The molecule has 0 radical (unpaired) electrons. The molecule has 11 heteroatoms. The second-order valence-electron chi connectivity index (χ2n) is 6.30. The van der Waals surface area contributed by atoms with Crippen LogP contribution in [0.1, 0.15) is 23.0 Å². The summed E-state index contributed by atoms with van der Waals surface area (Å²) in [5, 5.41) is 15.2. The lowest BCUT2D eigenvalue weighted by atomic mass is 10.1. The lowest BCUT2D eigenvalue weighted by molar-refractivity contribution is 0.102. The van der Waals surface area contributed by atoms with E-state index in [4.69, 9.17) is 4.52 Å². The van der Waals surface area contributed by atoms with Gasteiger partial charge in [-0.2, -0.15) is 10.2 Å². The highest BCUT2D eigenvalue weighted by Gasteiger charge is 2.21. The van der Waals surface area contributed by atoms with E-state index in [9.17, 15) is 13.6 Å².